The van der Waals surface area contributed by atoms with Crippen LogP contribution >= 0.6 is 22.9 Å². The van der Waals surface area contributed by atoms with Crippen LogP contribution in [0.4, 0.5) is 0 Å². The number of halogens is 1. The Bertz CT molecular complexity index is 717. The number of likely N-dealkylation sites (N-methyl/N-ethyl adjacent to an activating group) is 1. The normalized spacial score (nSPS) is 10.3. The molecule has 0 fully saturated rings. The van der Waals surface area contributed by atoms with Crippen molar-refractivity contribution in [3.8, 4) is 5.75 Å². The molecule has 1 aromatic heterocycles. The molecule has 0 aliphatic rings. The molecule has 0 radical (unpaired) electrons. The van der Waals surface area contributed by atoms with Crippen LogP contribution < -0.4 is 10.1 Å². The van der Waals surface area contributed by atoms with E-state index >= 15 is 0 Å². The van der Waals surface area contributed by atoms with Gasteiger partial charge in [0.1, 0.15) is 5.75 Å². The van der Waals surface area contributed by atoms with Gasteiger partial charge in [0.2, 0.25) is 5.91 Å². The minimum atomic E-state index is -0.333. The van der Waals surface area contributed by atoms with Gasteiger partial charge in [-0.2, -0.15) is 0 Å². The van der Waals surface area contributed by atoms with Gasteiger partial charge in [-0.15, -0.1) is 11.3 Å². The number of amides is 2. The molecular weight excluding hydrogens is 348 g/mol. The lowest BCUT2D eigenvalue weighted by Gasteiger charge is -2.17. The molecule has 7 heteroatoms. The third-order valence-corrected chi connectivity index (χ3v) is 4.50. The van der Waals surface area contributed by atoms with E-state index in [2.05, 4.69) is 5.32 Å². The van der Waals surface area contributed by atoms with Crippen molar-refractivity contribution < 1.29 is 14.3 Å². The number of thiophene rings is 1. The maximum absolute atomic E-state index is 12.3. The molecule has 1 heterocycles. The smallest absolute Gasteiger partial charge is 0.255 e. The first-order valence-electron chi connectivity index (χ1n) is 7.49. The number of ether oxygens (including phenoxy) is 1. The number of hydrogen-bond donors (Lipinski definition) is 1. The Balaban J connectivity index is 1.90. The van der Waals surface area contributed by atoms with Gasteiger partial charge < -0.3 is 15.0 Å². The highest BCUT2D eigenvalue weighted by Gasteiger charge is 2.15. The zero-order valence-corrected chi connectivity index (χ0v) is 15.1. The lowest BCUT2D eigenvalue weighted by atomic mass is 10.2. The number of rotatable bonds is 7. The van der Waals surface area contributed by atoms with E-state index in [0.29, 0.717) is 28.8 Å². The number of benzene rings is 1. The van der Waals surface area contributed by atoms with Crippen molar-refractivity contribution in [2.75, 3.05) is 20.2 Å². The predicted molar refractivity (Wildman–Crippen MR) is 95.7 cm³/mol. The van der Waals surface area contributed by atoms with Crippen molar-refractivity contribution in [3.63, 3.8) is 0 Å². The van der Waals surface area contributed by atoms with Gasteiger partial charge in [0, 0.05) is 11.9 Å². The first kappa shape index (κ1) is 18.3. The van der Waals surface area contributed by atoms with Gasteiger partial charge in [-0.1, -0.05) is 23.7 Å². The van der Waals surface area contributed by atoms with E-state index in [9.17, 15) is 9.59 Å². The lowest BCUT2D eigenvalue weighted by Crippen LogP contribution is -2.37. The molecule has 0 saturated heterocycles. The summed E-state index contributed by atoms with van der Waals surface area (Å²) in [6.45, 7) is 2.70. The zero-order chi connectivity index (χ0) is 17.5. The highest BCUT2D eigenvalue weighted by atomic mass is 35.5. The molecule has 0 aliphatic carbocycles. The van der Waals surface area contributed by atoms with Gasteiger partial charge >= 0.3 is 0 Å². The summed E-state index contributed by atoms with van der Waals surface area (Å²) in [5.74, 6) is -0.00624. The van der Waals surface area contributed by atoms with Gasteiger partial charge in [0.15, 0.2) is 0 Å². The standard InChI is InChI=1S/C17H19ClN2O3S/c1-3-23-14-7-5-4-6-13(14)17(22)19-10-16(21)20(2)11-12-8-9-15(18)24-12/h4-9H,3,10-11H2,1-2H3,(H,19,22). The molecular formula is C17H19ClN2O3S. The van der Waals surface area contributed by atoms with Crippen molar-refractivity contribution in [1.82, 2.24) is 10.2 Å². The summed E-state index contributed by atoms with van der Waals surface area (Å²) in [6, 6.07) is 10.6. The molecule has 2 aromatic rings. The van der Waals surface area contributed by atoms with Crippen LogP contribution in [0.3, 0.4) is 0 Å². The van der Waals surface area contributed by atoms with E-state index in [0.717, 1.165) is 4.88 Å². The van der Waals surface area contributed by atoms with Crippen LogP contribution in [0.25, 0.3) is 0 Å². The Morgan fingerprint density at radius 1 is 1.25 bits per heavy atom. The first-order chi connectivity index (χ1) is 11.5. The fourth-order valence-electron chi connectivity index (χ4n) is 2.08. The summed E-state index contributed by atoms with van der Waals surface area (Å²) < 4.78 is 6.11. The molecule has 0 unspecified atom stereocenters. The van der Waals surface area contributed by atoms with E-state index < -0.39 is 0 Å². The average molecular weight is 367 g/mol. The van der Waals surface area contributed by atoms with Crippen LogP contribution in [0.15, 0.2) is 36.4 Å². The topological polar surface area (TPSA) is 58.6 Å². The average Bonchev–Trinajstić information content (AvgIpc) is 2.98. The van der Waals surface area contributed by atoms with Gasteiger partial charge in [-0.25, -0.2) is 0 Å². The predicted octanol–water partition coefficient (Wildman–Crippen LogP) is 3.19. The maximum Gasteiger partial charge on any atom is 0.255 e. The van der Waals surface area contributed by atoms with Crippen molar-refractivity contribution in [3.05, 3.63) is 51.2 Å². The fourth-order valence-corrected chi connectivity index (χ4v) is 3.22. The van der Waals surface area contributed by atoms with Crippen molar-refractivity contribution in [2.24, 2.45) is 0 Å². The second kappa shape index (κ2) is 8.70. The first-order valence-corrected chi connectivity index (χ1v) is 8.69. The van der Waals surface area contributed by atoms with E-state index in [4.69, 9.17) is 16.3 Å². The van der Waals surface area contributed by atoms with E-state index in [1.165, 1.54) is 11.3 Å². The van der Waals surface area contributed by atoms with Crippen LogP contribution in [-0.4, -0.2) is 36.9 Å². The number of nitrogens with one attached hydrogen (secondary N) is 1. The SMILES string of the molecule is CCOc1ccccc1C(=O)NCC(=O)N(C)Cc1ccc(Cl)s1. The highest BCUT2D eigenvalue weighted by molar-refractivity contribution is 7.16. The van der Waals surface area contributed by atoms with Gasteiger partial charge in [-0.3, -0.25) is 9.59 Å². The molecule has 5 nitrogen and oxygen atoms in total. The number of carbonyl (C=O) groups excluding carboxylic acids is 2. The second-order valence-electron chi connectivity index (χ2n) is 5.07. The molecule has 1 N–H and O–H groups in total. The zero-order valence-electron chi connectivity index (χ0n) is 13.5. The largest absolute Gasteiger partial charge is 0.493 e. The monoisotopic (exact) mass is 366 g/mol. The van der Waals surface area contributed by atoms with Crippen LogP contribution in [-0.2, 0) is 11.3 Å². The fraction of sp³-hybridized carbons (Fsp3) is 0.294. The highest BCUT2D eigenvalue weighted by Crippen LogP contribution is 2.22. The third-order valence-electron chi connectivity index (χ3n) is 3.28. The Kier molecular flexibility index (Phi) is 6.63. The Morgan fingerprint density at radius 3 is 2.67 bits per heavy atom. The van der Waals surface area contributed by atoms with E-state index in [-0.39, 0.29) is 18.4 Å². The van der Waals surface area contributed by atoms with Gasteiger partial charge in [0.05, 0.1) is 29.6 Å². The van der Waals surface area contributed by atoms with E-state index in [1.807, 2.05) is 13.0 Å². The lowest BCUT2D eigenvalue weighted by molar-refractivity contribution is -0.129. The molecule has 0 saturated carbocycles. The van der Waals surface area contributed by atoms with Crippen LogP contribution in [0.5, 0.6) is 5.75 Å². The number of nitrogens with zero attached hydrogens (tertiary/aromatic N) is 1. The van der Waals surface area contributed by atoms with Gasteiger partial charge in [0.25, 0.3) is 5.91 Å². The Hall–Kier alpha value is -2.05. The van der Waals surface area contributed by atoms with E-state index in [1.54, 1.807) is 42.3 Å². The molecule has 0 atom stereocenters. The minimum absolute atomic E-state index is 0.0745. The summed E-state index contributed by atoms with van der Waals surface area (Å²) in [5.41, 5.74) is 0.417. The van der Waals surface area contributed by atoms with Crippen molar-refractivity contribution in [1.29, 1.82) is 0 Å². The molecule has 128 valence electrons. The summed E-state index contributed by atoms with van der Waals surface area (Å²) in [6.07, 6.45) is 0. The third kappa shape index (κ3) is 4.97. The summed E-state index contributed by atoms with van der Waals surface area (Å²) >= 11 is 7.31. The quantitative estimate of drug-likeness (QED) is 0.818. The molecule has 24 heavy (non-hydrogen) atoms. The maximum atomic E-state index is 12.3. The summed E-state index contributed by atoms with van der Waals surface area (Å²) in [7, 11) is 1.69. The Morgan fingerprint density at radius 2 is 2.00 bits per heavy atom. The number of hydrogen-bond acceptors (Lipinski definition) is 4. The molecule has 2 amide bonds. The van der Waals surface area contributed by atoms with Crippen LogP contribution in [0, 0.1) is 0 Å². The van der Waals surface area contributed by atoms with Crippen LogP contribution in [0.1, 0.15) is 22.2 Å². The summed E-state index contributed by atoms with van der Waals surface area (Å²) in [5, 5.41) is 2.64. The Labute approximate surface area is 150 Å². The molecule has 0 aliphatic heterocycles. The molecule has 0 bridgehead atoms. The van der Waals surface area contributed by atoms with Gasteiger partial charge in [-0.05, 0) is 31.2 Å². The van der Waals surface area contributed by atoms with Crippen molar-refractivity contribution in [2.45, 2.75) is 13.5 Å². The van der Waals surface area contributed by atoms with Crippen molar-refractivity contribution >= 4 is 34.8 Å². The second-order valence-corrected chi connectivity index (χ2v) is 6.87. The molecule has 1 aromatic carbocycles. The minimum Gasteiger partial charge on any atom is -0.493 e. The molecule has 0 spiro atoms. The number of carbonyl (C=O) groups is 2. The van der Waals surface area contributed by atoms with Crippen LogP contribution in [0.2, 0.25) is 4.34 Å². The molecule has 2 rings (SSSR count). The summed E-state index contributed by atoms with van der Waals surface area (Å²) in [4.78, 5) is 26.9. The number of para-hydroxylation sites is 1.